The molecule has 0 radical (unpaired) electrons. The van der Waals surface area contributed by atoms with Crippen LogP contribution in [-0.4, -0.2) is 20.8 Å². The van der Waals surface area contributed by atoms with E-state index in [1.54, 1.807) is 0 Å². The molecular weight excluding hydrogens is 459 g/mol. The molecule has 0 aliphatic heterocycles. The molecule has 1 heterocycles. The first-order valence-electron chi connectivity index (χ1n) is 11.2. The topological polar surface area (TPSA) is 91.4 Å². The molecule has 1 N–H and O–H groups in total. The van der Waals surface area contributed by atoms with Gasteiger partial charge in [0.25, 0.3) is 5.69 Å². The van der Waals surface area contributed by atoms with Crippen LogP contribution in [0.4, 0.5) is 5.69 Å². The molecule has 0 aliphatic rings. The highest BCUT2D eigenvalue weighted by Crippen LogP contribution is 2.56. The molecule has 1 aromatic heterocycles. The number of nitrogens with zero attached hydrogens (tertiary/aromatic N) is 2. The highest BCUT2D eigenvalue weighted by atomic mass is 31.2. The molecule has 5 rings (SSSR count). The van der Waals surface area contributed by atoms with Crippen molar-refractivity contribution in [3.05, 3.63) is 119 Å². The van der Waals surface area contributed by atoms with Gasteiger partial charge in [0, 0.05) is 11.5 Å². The summed E-state index contributed by atoms with van der Waals surface area (Å²) in [4.78, 5) is 11.0. The molecule has 0 fully saturated rings. The molecule has 0 saturated heterocycles. The number of benzene rings is 4. The number of nitro groups is 1. The predicted molar refractivity (Wildman–Crippen MR) is 140 cm³/mol. The van der Waals surface area contributed by atoms with Crippen LogP contribution in [0.3, 0.4) is 0 Å². The number of fused-ring (bicyclic) bond motifs is 1. The fraction of sp³-hybridized carbons (Fsp3) is 0.0714. The molecular formula is C28H23N2O4P. The van der Waals surface area contributed by atoms with Gasteiger partial charge in [0.2, 0.25) is 5.88 Å². The summed E-state index contributed by atoms with van der Waals surface area (Å²) >= 11 is 0. The van der Waals surface area contributed by atoms with Crippen LogP contribution in [0.5, 0.6) is 11.8 Å². The minimum Gasteiger partial charge on any atom is -0.860 e. The van der Waals surface area contributed by atoms with E-state index in [0.717, 1.165) is 15.9 Å². The Kier molecular flexibility index (Phi) is 5.98. The van der Waals surface area contributed by atoms with Gasteiger partial charge in [-0.25, -0.2) is 0 Å². The zero-order valence-corrected chi connectivity index (χ0v) is 19.7. The van der Waals surface area contributed by atoms with Gasteiger partial charge < -0.3 is 14.8 Å². The smallest absolute Gasteiger partial charge is 0.282 e. The number of non-ortho nitro benzene ring substituents is 1. The maximum Gasteiger partial charge on any atom is 0.282 e. The van der Waals surface area contributed by atoms with Crippen molar-refractivity contribution in [3.63, 3.8) is 0 Å². The van der Waals surface area contributed by atoms with Gasteiger partial charge in [-0.1, -0.05) is 66.7 Å². The third kappa shape index (κ3) is 3.82. The molecule has 0 atom stereocenters. The summed E-state index contributed by atoms with van der Waals surface area (Å²) in [5.74, 6) is -0.780. The second-order valence-electron chi connectivity index (χ2n) is 8.28. The molecule has 6 nitrogen and oxygen atoms in total. The Balaban J connectivity index is 1.70. The summed E-state index contributed by atoms with van der Waals surface area (Å²) in [6.45, 7) is 0.211. The van der Waals surface area contributed by atoms with E-state index >= 15 is 0 Å². The standard InChI is InChI=1S/C28H23N2O4P/c31-27-24-17-10-18-25(30(33)34)26(24)28(32)29(27)19-20-35(21-11-4-1-5-12-21,22-13-6-2-7-14-22)23-15-8-3-9-16-23/h1-18H,19-20H2,(H-,31,32). The molecule has 174 valence electrons. The Morgan fingerprint density at radius 2 is 1.23 bits per heavy atom. The zero-order chi connectivity index (χ0) is 24.4. The van der Waals surface area contributed by atoms with Crippen LogP contribution < -0.4 is 21.0 Å². The molecule has 0 spiro atoms. The van der Waals surface area contributed by atoms with Crippen LogP contribution in [0.1, 0.15) is 0 Å². The highest BCUT2D eigenvalue weighted by Gasteiger charge is 2.45. The van der Waals surface area contributed by atoms with Gasteiger partial charge in [-0.15, -0.1) is 0 Å². The second-order valence-corrected chi connectivity index (χ2v) is 11.9. The normalized spacial score (nSPS) is 11.5. The van der Waals surface area contributed by atoms with Crippen molar-refractivity contribution in [2.45, 2.75) is 6.54 Å². The SMILES string of the molecule is O=[N+]([O-])c1cccc2c([O-])n(CC[P+](c3ccccc3)(c3ccccc3)c3ccccc3)c(O)c12. The Morgan fingerprint density at radius 1 is 0.743 bits per heavy atom. The van der Waals surface area contributed by atoms with Crippen LogP contribution in [0.2, 0.25) is 0 Å². The lowest BCUT2D eigenvalue weighted by molar-refractivity contribution is -0.383. The van der Waals surface area contributed by atoms with E-state index in [0.29, 0.717) is 6.16 Å². The van der Waals surface area contributed by atoms with Gasteiger partial charge in [-0.3, -0.25) is 10.1 Å². The maximum atomic E-state index is 13.2. The minimum absolute atomic E-state index is 0.00873. The van der Waals surface area contributed by atoms with Gasteiger partial charge in [-0.2, -0.15) is 0 Å². The average molecular weight is 482 g/mol. The van der Waals surface area contributed by atoms with E-state index in [1.807, 2.05) is 54.6 Å². The fourth-order valence-corrected chi connectivity index (χ4v) is 9.03. The van der Waals surface area contributed by atoms with Crippen molar-refractivity contribution in [1.82, 2.24) is 4.57 Å². The van der Waals surface area contributed by atoms with Crippen molar-refractivity contribution in [2.75, 3.05) is 6.16 Å². The summed E-state index contributed by atoms with van der Waals surface area (Å²) in [5, 5.41) is 39.4. The second kappa shape index (κ2) is 9.24. The third-order valence-corrected chi connectivity index (χ3v) is 10.9. The lowest BCUT2D eigenvalue weighted by Gasteiger charge is -2.28. The summed E-state index contributed by atoms with van der Waals surface area (Å²) in [7, 11) is -2.24. The lowest BCUT2D eigenvalue weighted by Crippen LogP contribution is -2.34. The highest BCUT2D eigenvalue weighted by molar-refractivity contribution is 7.95. The summed E-state index contributed by atoms with van der Waals surface area (Å²) < 4.78 is 1.28. The first-order chi connectivity index (χ1) is 17.0. The molecule has 4 aromatic carbocycles. The zero-order valence-electron chi connectivity index (χ0n) is 18.8. The third-order valence-electron chi connectivity index (χ3n) is 6.44. The Bertz CT molecular complexity index is 1390. The van der Waals surface area contributed by atoms with Crippen LogP contribution in [0, 0.1) is 10.1 Å². The van der Waals surface area contributed by atoms with Crippen LogP contribution >= 0.6 is 7.26 Å². The summed E-state index contributed by atoms with van der Waals surface area (Å²) in [5.41, 5.74) is -0.272. The van der Waals surface area contributed by atoms with Crippen LogP contribution in [0.15, 0.2) is 109 Å². The fourth-order valence-electron chi connectivity index (χ4n) is 4.82. The van der Waals surface area contributed by atoms with Crippen molar-refractivity contribution < 1.29 is 15.1 Å². The first-order valence-corrected chi connectivity index (χ1v) is 13.2. The number of hydrogen-bond acceptors (Lipinski definition) is 4. The van der Waals surface area contributed by atoms with E-state index in [-0.39, 0.29) is 28.9 Å². The molecule has 0 aliphatic carbocycles. The molecule has 7 heteroatoms. The van der Waals surface area contributed by atoms with Crippen LogP contribution in [-0.2, 0) is 6.54 Å². The number of hydrogen-bond donors (Lipinski definition) is 1. The van der Waals surface area contributed by atoms with Crippen molar-refractivity contribution in [3.8, 4) is 11.8 Å². The maximum absolute atomic E-state index is 13.2. The number of nitro benzene ring substituents is 1. The minimum atomic E-state index is -2.24. The predicted octanol–water partition coefficient (Wildman–Crippen LogP) is 4.32. The average Bonchev–Trinajstić information content (AvgIpc) is 3.15. The quantitative estimate of drug-likeness (QED) is 0.212. The van der Waals surface area contributed by atoms with E-state index < -0.39 is 18.1 Å². The van der Waals surface area contributed by atoms with Gasteiger partial charge in [0.05, 0.1) is 17.6 Å². The van der Waals surface area contributed by atoms with E-state index in [1.165, 1.54) is 22.8 Å². The largest absolute Gasteiger partial charge is 0.860 e. The molecule has 0 unspecified atom stereocenters. The van der Waals surface area contributed by atoms with Crippen molar-refractivity contribution in [1.29, 1.82) is 0 Å². The molecule has 0 bridgehead atoms. The van der Waals surface area contributed by atoms with E-state index in [2.05, 4.69) is 36.4 Å². The van der Waals surface area contributed by atoms with E-state index in [4.69, 9.17) is 0 Å². The van der Waals surface area contributed by atoms with Gasteiger partial charge >= 0.3 is 0 Å². The van der Waals surface area contributed by atoms with Crippen molar-refractivity contribution in [2.24, 2.45) is 0 Å². The molecule has 0 amide bonds. The Labute approximate surface area is 203 Å². The lowest BCUT2D eigenvalue weighted by atomic mass is 10.2. The van der Waals surface area contributed by atoms with E-state index in [9.17, 15) is 20.3 Å². The van der Waals surface area contributed by atoms with Crippen molar-refractivity contribution >= 4 is 39.6 Å². The number of rotatable bonds is 7. The number of aromatic hydroxyl groups is 1. The van der Waals surface area contributed by atoms with Gasteiger partial charge in [0.1, 0.15) is 28.6 Å². The molecule has 5 aromatic rings. The monoisotopic (exact) mass is 482 g/mol. The van der Waals surface area contributed by atoms with Gasteiger partial charge in [-0.05, 0) is 42.3 Å². The summed E-state index contributed by atoms with van der Waals surface area (Å²) in [6, 6.07) is 35.0. The Morgan fingerprint density at radius 3 is 1.69 bits per heavy atom. The first kappa shape index (κ1) is 22.6. The molecule has 35 heavy (non-hydrogen) atoms. The summed E-state index contributed by atoms with van der Waals surface area (Å²) in [6.07, 6.45) is 0.558. The van der Waals surface area contributed by atoms with Crippen LogP contribution in [0.25, 0.3) is 10.8 Å². The molecule has 0 saturated carbocycles. The number of aromatic nitrogens is 1. The van der Waals surface area contributed by atoms with Gasteiger partial charge in [0.15, 0.2) is 0 Å². The Hall–Kier alpha value is -4.15.